The standard InChI is InChI=1S/C17H25N3/c1-11(2)14(12(3)4)9-20-17-13-7-5-6-8-16(13)19-10-15(17)18/h5-8,10-12,14H,9,18H2,1-4H3,(H,19,20). The molecule has 0 saturated heterocycles. The van der Waals surface area contributed by atoms with Crippen LogP contribution in [0, 0.1) is 17.8 Å². The van der Waals surface area contributed by atoms with Crippen LogP contribution < -0.4 is 11.1 Å². The molecular formula is C17H25N3. The summed E-state index contributed by atoms with van der Waals surface area (Å²) in [5, 5.41) is 4.65. The largest absolute Gasteiger partial charge is 0.396 e. The summed E-state index contributed by atoms with van der Waals surface area (Å²) in [5.74, 6) is 1.93. The van der Waals surface area contributed by atoms with Crippen molar-refractivity contribution in [2.75, 3.05) is 17.6 Å². The van der Waals surface area contributed by atoms with Gasteiger partial charge in [-0.05, 0) is 23.8 Å². The van der Waals surface area contributed by atoms with E-state index in [9.17, 15) is 0 Å². The molecule has 0 bridgehead atoms. The number of aromatic nitrogens is 1. The molecule has 0 aliphatic rings. The molecule has 3 heteroatoms. The van der Waals surface area contributed by atoms with Gasteiger partial charge >= 0.3 is 0 Å². The fourth-order valence-corrected chi connectivity index (χ4v) is 2.82. The van der Waals surface area contributed by atoms with E-state index in [-0.39, 0.29) is 0 Å². The topological polar surface area (TPSA) is 50.9 Å². The number of nitrogens with zero attached hydrogens (tertiary/aromatic N) is 1. The molecule has 0 aliphatic carbocycles. The van der Waals surface area contributed by atoms with Gasteiger partial charge in [0.1, 0.15) is 0 Å². The molecule has 0 amide bonds. The second-order valence-electron chi connectivity index (χ2n) is 6.14. The summed E-state index contributed by atoms with van der Waals surface area (Å²) in [7, 11) is 0. The van der Waals surface area contributed by atoms with E-state index in [4.69, 9.17) is 5.73 Å². The minimum Gasteiger partial charge on any atom is -0.396 e. The predicted octanol–water partition coefficient (Wildman–Crippen LogP) is 4.16. The predicted molar refractivity (Wildman–Crippen MR) is 87.8 cm³/mol. The number of hydrogen-bond donors (Lipinski definition) is 2. The van der Waals surface area contributed by atoms with E-state index in [2.05, 4.69) is 44.1 Å². The Kier molecular flexibility index (Phi) is 4.48. The molecule has 0 fully saturated rings. The van der Waals surface area contributed by atoms with E-state index in [1.165, 1.54) is 0 Å². The molecular weight excluding hydrogens is 246 g/mol. The molecule has 2 rings (SSSR count). The van der Waals surface area contributed by atoms with Gasteiger partial charge in [0.2, 0.25) is 0 Å². The summed E-state index contributed by atoms with van der Waals surface area (Å²) >= 11 is 0. The highest BCUT2D eigenvalue weighted by molar-refractivity contribution is 5.96. The molecule has 1 aromatic heterocycles. The normalized spacial score (nSPS) is 11.8. The molecule has 3 nitrogen and oxygen atoms in total. The minimum absolute atomic E-state index is 0.626. The molecule has 1 heterocycles. The van der Waals surface area contributed by atoms with Gasteiger partial charge in [0.25, 0.3) is 0 Å². The van der Waals surface area contributed by atoms with Crippen molar-refractivity contribution >= 4 is 22.3 Å². The van der Waals surface area contributed by atoms with Gasteiger partial charge in [0.05, 0.1) is 23.1 Å². The average molecular weight is 271 g/mol. The average Bonchev–Trinajstić information content (AvgIpc) is 2.40. The summed E-state index contributed by atoms with van der Waals surface area (Å²) in [6.07, 6.45) is 1.74. The van der Waals surface area contributed by atoms with Crippen LogP contribution in [0.15, 0.2) is 30.5 Å². The third kappa shape index (κ3) is 3.03. The third-order valence-electron chi connectivity index (χ3n) is 4.03. The number of fused-ring (bicyclic) bond motifs is 1. The Morgan fingerprint density at radius 3 is 2.40 bits per heavy atom. The van der Waals surface area contributed by atoms with Crippen molar-refractivity contribution in [3.05, 3.63) is 30.5 Å². The zero-order valence-electron chi connectivity index (χ0n) is 12.9. The van der Waals surface area contributed by atoms with Crippen LogP contribution >= 0.6 is 0 Å². The number of hydrogen-bond acceptors (Lipinski definition) is 3. The van der Waals surface area contributed by atoms with Crippen LogP contribution in [-0.2, 0) is 0 Å². The second kappa shape index (κ2) is 6.12. The quantitative estimate of drug-likeness (QED) is 0.858. The lowest BCUT2D eigenvalue weighted by Crippen LogP contribution is -2.25. The SMILES string of the molecule is CC(C)C(CNc1c(N)cnc2ccccc12)C(C)C. The molecule has 3 N–H and O–H groups in total. The van der Waals surface area contributed by atoms with Crippen LogP contribution in [0.4, 0.5) is 11.4 Å². The van der Waals surface area contributed by atoms with E-state index in [1.54, 1.807) is 6.20 Å². The van der Waals surface area contributed by atoms with Crippen LogP contribution in [0.25, 0.3) is 10.9 Å². The molecule has 2 aromatic rings. The number of rotatable bonds is 5. The zero-order chi connectivity index (χ0) is 14.7. The minimum atomic E-state index is 0.626. The van der Waals surface area contributed by atoms with Crippen LogP contribution in [0.1, 0.15) is 27.7 Å². The first-order valence-electron chi connectivity index (χ1n) is 7.37. The number of benzene rings is 1. The van der Waals surface area contributed by atoms with E-state index >= 15 is 0 Å². The summed E-state index contributed by atoms with van der Waals surface area (Å²) in [6.45, 7) is 10.1. The van der Waals surface area contributed by atoms with Crippen LogP contribution in [0.3, 0.4) is 0 Å². The van der Waals surface area contributed by atoms with E-state index in [0.717, 1.165) is 28.8 Å². The molecule has 108 valence electrons. The maximum absolute atomic E-state index is 6.10. The van der Waals surface area contributed by atoms with Crippen molar-refractivity contribution in [2.24, 2.45) is 17.8 Å². The maximum Gasteiger partial charge on any atom is 0.0743 e. The number of para-hydroxylation sites is 1. The van der Waals surface area contributed by atoms with Gasteiger partial charge in [0.15, 0.2) is 0 Å². The van der Waals surface area contributed by atoms with Gasteiger partial charge in [0, 0.05) is 11.9 Å². The highest BCUT2D eigenvalue weighted by Crippen LogP contribution is 2.29. The highest BCUT2D eigenvalue weighted by Gasteiger charge is 2.18. The lowest BCUT2D eigenvalue weighted by molar-refractivity contribution is 0.304. The lowest BCUT2D eigenvalue weighted by atomic mass is 9.85. The van der Waals surface area contributed by atoms with Crippen molar-refractivity contribution in [3.8, 4) is 0 Å². The molecule has 1 aromatic carbocycles. The molecule has 0 spiro atoms. The number of anilines is 2. The molecule has 20 heavy (non-hydrogen) atoms. The van der Waals surface area contributed by atoms with Gasteiger partial charge < -0.3 is 11.1 Å². The fraction of sp³-hybridized carbons (Fsp3) is 0.471. The maximum atomic E-state index is 6.10. The first-order chi connectivity index (χ1) is 9.50. The second-order valence-corrected chi connectivity index (χ2v) is 6.14. The monoisotopic (exact) mass is 271 g/mol. The van der Waals surface area contributed by atoms with Crippen molar-refractivity contribution < 1.29 is 0 Å². The highest BCUT2D eigenvalue weighted by atomic mass is 14.9. The van der Waals surface area contributed by atoms with E-state index in [1.807, 2.05) is 18.2 Å². The Morgan fingerprint density at radius 1 is 1.10 bits per heavy atom. The number of nitrogen functional groups attached to an aromatic ring is 1. The number of nitrogens with one attached hydrogen (secondary N) is 1. The Labute approximate surface area is 121 Å². The molecule has 0 aliphatic heterocycles. The zero-order valence-corrected chi connectivity index (χ0v) is 12.9. The van der Waals surface area contributed by atoms with Gasteiger partial charge in [-0.2, -0.15) is 0 Å². The fourth-order valence-electron chi connectivity index (χ4n) is 2.82. The van der Waals surface area contributed by atoms with Crippen molar-refractivity contribution in [2.45, 2.75) is 27.7 Å². The summed E-state index contributed by atoms with van der Waals surface area (Å²) in [6, 6.07) is 8.11. The van der Waals surface area contributed by atoms with E-state index in [0.29, 0.717) is 17.8 Å². The van der Waals surface area contributed by atoms with Gasteiger partial charge in [-0.15, -0.1) is 0 Å². The Balaban J connectivity index is 2.27. The number of pyridine rings is 1. The van der Waals surface area contributed by atoms with Crippen LogP contribution in [-0.4, -0.2) is 11.5 Å². The van der Waals surface area contributed by atoms with Crippen molar-refractivity contribution in [1.29, 1.82) is 0 Å². The van der Waals surface area contributed by atoms with Crippen molar-refractivity contribution in [3.63, 3.8) is 0 Å². The molecule has 0 radical (unpaired) electrons. The smallest absolute Gasteiger partial charge is 0.0743 e. The summed E-state index contributed by atoms with van der Waals surface area (Å²) < 4.78 is 0. The van der Waals surface area contributed by atoms with Gasteiger partial charge in [-0.3, -0.25) is 4.98 Å². The first kappa shape index (κ1) is 14.6. The summed E-state index contributed by atoms with van der Waals surface area (Å²) in [4.78, 5) is 4.37. The van der Waals surface area contributed by atoms with E-state index < -0.39 is 0 Å². The van der Waals surface area contributed by atoms with Gasteiger partial charge in [-0.1, -0.05) is 45.9 Å². The number of nitrogens with two attached hydrogens (primary N) is 1. The van der Waals surface area contributed by atoms with Gasteiger partial charge in [-0.25, -0.2) is 0 Å². The third-order valence-corrected chi connectivity index (χ3v) is 4.03. The molecule has 0 atom stereocenters. The Hall–Kier alpha value is -1.77. The molecule has 0 saturated carbocycles. The Morgan fingerprint density at radius 2 is 1.75 bits per heavy atom. The summed E-state index contributed by atoms with van der Waals surface area (Å²) in [5.41, 5.74) is 8.81. The lowest BCUT2D eigenvalue weighted by Gasteiger charge is -2.26. The van der Waals surface area contributed by atoms with Crippen molar-refractivity contribution in [1.82, 2.24) is 4.98 Å². The Bertz CT molecular complexity index is 567. The first-order valence-corrected chi connectivity index (χ1v) is 7.37. The molecule has 0 unspecified atom stereocenters. The van der Waals surface area contributed by atoms with Crippen LogP contribution in [0.2, 0.25) is 0 Å². The van der Waals surface area contributed by atoms with Crippen LogP contribution in [0.5, 0.6) is 0 Å².